The van der Waals surface area contributed by atoms with Crippen LogP contribution in [0.4, 0.5) is 0 Å². The highest BCUT2D eigenvalue weighted by Gasteiger charge is 2.13. The molecule has 8 heteroatoms. The summed E-state index contributed by atoms with van der Waals surface area (Å²) < 4.78 is 11.7. The fourth-order valence-corrected chi connectivity index (χ4v) is 3.16. The Balaban J connectivity index is 1.71. The maximum atomic E-state index is 12.4. The first-order chi connectivity index (χ1) is 15.0. The van der Waals surface area contributed by atoms with Crippen molar-refractivity contribution in [3.8, 4) is 11.5 Å². The van der Waals surface area contributed by atoms with Crippen molar-refractivity contribution in [1.29, 1.82) is 0 Å². The number of hydrogen-bond donors (Lipinski definition) is 1. The molecule has 0 unspecified atom stereocenters. The number of amides is 1. The first-order valence-corrected chi connectivity index (χ1v) is 10.5. The van der Waals surface area contributed by atoms with E-state index >= 15 is 0 Å². The molecule has 6 nitrogen and oxygen atoms in total. The largest absolute Gasteiger partial charge is 0.490 e. The third kappa shape index (κ3) is 6.16. The lowest BCUT2D eigenvalue weighted by molar-refractivity contribution is 0.0728. The summed E-state index contributed by atoms with van der Waals surface area (Å²) in [5.41, 5.74) is 3.97. The number of benzene rings is 3. The van der Waals surface area contributed by atoms with Crippen molar-refractivity contribution in [2.24, 2.45) is 5.10 Å². The van der Waals surface area contributed by atoms with Gasteiger partial charge in [-0.2, -0.15) is 5.10 Å². The van der Waals surface area contributed by atoms with Gasteiger partial charge < -0.3 is 9.47 Å². The minimum absolute atomic E-state index is 0.274. The molecule has 3 rings (SSSR count). The van der Waals surface area contributed by atoms with Crippen molar-refractivity contribution >= 4 is 45.6 Å². The monoisotopic (exact) mass is 500 g/mol. The zero-order chi connectivity index (χ0) is 22.2. The number of hydrogen-bond acceptors (Lipinski definition) is 5. The lowest BCUT2D eigenvalue weighted by atomic mass is 10.2. The fraction of sp³-hybridized carbons (Fsp3) is 0.0870. The second kappa shape index (κ2) is 10.7. The molecule has 0 saturated carbocycles. The number of ether oxygens (including phenoxy) is 2. The van der Waals surface area contributed by atoms with Crippen LogP contribution in [-0.2, 0) is 0 Å². The number of carbonyl (C=O) groups excluding carboxylic acids is 2. The van der Waals surface area contributed by atoms with Crippen LogP contribution in [0.1, 0.15) is 33.2 Å². The first kappa shape index (κ1) is 22.5. The van der Waals surface area contributed by atoms with Crippen LogP contribution in [0.2, 0.25) is 5.02 Å². The van der Waals surface area contributed by atoms with Crippen molar-refractivity contribution < 1.29 is 19.1 Å². The van der Waals surface area contributed by atoms with Gasteiger partial charge in [0.1, 0.15) is 0 Å². The molecule has 0 aliphatic rings. The molecule has 0 aliphatic heterocycles. The van der Waals surface area contributed by atoms with Gasteiger partial charge in [0.2, 0.25) is 0 Å². The second-order valence-corrected chi connectivity index (χ2v) is 7.51. The number of nitrogens with one attached hydrogen (secondary N) is 1. The molecule has 0 saturated heterocycles. The van der Waals surface area contributed by atoms with Gasteiger partial charge in [0.15, 0.2) is 11.5 Å². The summed E-state index contributed by atoms with van der Waals surface area (Å²) in [6.45, 7) is 2.20. The van der Waals surface area contributed by atoms with E-state index in [1.165, 1.54) is 6.21 Å². The molecule has 3 aromatic carbocycles. The van der Waals surface area contributed by atoms with Crippen LogP contribution >= 0.6 is 27.5 Å². The number of carbonyl (C=O) groups is 2. The first-order valence-electron chi connectivity index (χ1n) is 9.30. The van der Waals surface area contributed by atoms with Crippen LogP contribution in [0.3, 0.4) is 0 Å². The molecule has 0 atom stereocenters. The van der Waals surface area contributed by atoms with E-state index in [1.807, 2.05) is 13.0 Å². The number of esters is 1. The summed E-state index contributed by atoms with van der Waals surface area (Å²) >= 11 is 9.18. The van der Waals surface area contributed by atoms with Crippen LogP contribution in [0.5, 0.6) is 11.5 Å². The quantitative estimate of drug-likeness (QED) is 0.201. The zero-order valence-electron chi connectivity index (χ0n) is 16.5. The summed E-state index contributed by atoms with van der Waals surface area (Å²) in [5.74, 6) is -0.218. The van der Waals surface area contributed by atoms with Crippen LogP contribution in [0.15, 0.2) is 76.3 Å². The fourth-order valence-electron chi connectivity index (χ4n) is 2.57. The average Bonchev–Trinajstić information content (AvgIpc) is 2.76. The normalized spacial score (nSPS) is 10.7. The van der Waals surface area contributed by atoms with E-state index < -0.39 is 5.97 Å². The summed E-state index contributed by atoms with van der Waals surface area (Å²) in [6, 6.07) is 18.4. The highest BCUT2D eigenvalue weighted by atomic mass is 79.9. The Morgan fingerprint density at radius 3 is 2.52 bits per heavy atom. The standard InChI is InChI=1S/C23H18BrClN2O4/c1-2-30-21-13-15(14-26-27-22(28)18-5-3-4-6-19(18)24)7-12-20(21)31-23(29)16-8-10-17(25)11-9-16/h3-14H,2H2,1H3,(H,27,28)/b26-14-. The third-order valence-electron chi connectivity index (χ3n) is 4.05. The van der Waals surface area contributed by atoms with E-state index in [0.717, 1.165) is 0 Å². The molecule has 0 fully saturated rings. The number of hydrazone groups is 1. The molecule has 0 spiro atoms. The van der Waals surface area contributed by atoms with Gasteiger partial charge in [-0.1, -0.05) is 23.7 Å². The van der Waals surface area contributed by atoms with Gasteiger partial charge in [0, 0.05) is 9.50 Å². The van der Waals surface area contributed by atoms with E-state index in [2.05, 4.69) is 26.5 Å². The van der Waals surface area contributed by atoms with Crippen LogP contribution in [-0.4, -0.2) is 24.7 Å². The van der Waals surface area contributed by atoms with Gasteiger partial charge in [-0.3, -0.25) is 4.79 Å². The summed E-state index contributed by atoms with van der Waals surface area (Å²) in [7, 11) is 0. The number of halogens is 2. The van der Waals surface area contributed by atoms with Gasteiger partial charge in [-0.15, -0.1) is 0 Å². The lowest BCUT2D eigenvalue weighted by Crippen LogP contribution is -2.18. The molecule has 0 aliphatic carbocycles. The number of nitrogens with zero attached hydrogens (tertiary/aromatic N) is 1. The van der Waals surface area contributed by atoms with E-state index in [4.69, 9.17) is 21.1 Å². The van der Waals surface area contributed by atoms with Gasteiger partial charge in [-0.05, 0) is 83.0 Å². The average molecular weight is 502 g/mol. The summed E-state index contributed by atoms with van der Waals surface area (Å²) in [6.07, 6.45) is 1.47. The van der Waals surface area contributed by atoms with E-state index in [1.54, 1.807) is 60.7 Å². The molecule has 1 N–H and O–H groups in total. The van der Waals surface area contributed by atoms with Crippen LogP contribution in [0, 0.1) is 0 Å². The zero-order valence-corrected chi connectivity index (χ0v) is 18.8. The summed E-state index contributed by atoms with van der Waals surface area (Å²) in [4.78, 5) is 24.6. The van der Waals surface area contributed by atoms with Gasteiger partial charge >= 0.3 is 5.97 Å². The molecule has 158 valence electrons. The molecular formula is C23H18BrClN2O4. The van der Waals surface area contributed by atoms with Crippen molar-refractivity contribution in [2.45, 2.75) is 6.92 Å². The third-order valence-corrected chi connectivity index (χ3v) is 4.99. The molecule has 0 bridgehead atoms. The Kier molecular flexibility index (Phi) is 7.81. The second-order valence-electron chi connectivity index (χ2n) is 6.21. The Morgan fingerprint density at radius 2 is 1.81 bits per heavy atom. The Bertz CT molecular complexity index is 1120. The van der Waals surface area contributed by atoms with Crippen molar-refractivity contribution in [1.82, 2.24) is 5.43 Å². The Hall–Kier alpha value is -3.16. The Morgan fingerprint density at radius 1 is 1.06 bits per heavy atom. The summed E-state index contributed by atoms with van der Waals surface area (Å²) in [5, 5.41) is 4.52. The van der Waals surface area contributed by atoms with Gasteiger partial charge in [0.05, 0.1) is 23.9 Å². The number of rotatable bonds is 7. The minimum atomic E-state index is -0.528. The SMILES string of the molecule is CCOc1cc(/C=N\NC(=O)c2ccccc2Br)ccc1OC(=O)c1ccc(Cl)cc1. The molecule has 0 heterocycles. The van der Waals surface area contributed by atoms with Crippen LogP contribution < -0.4 is 14.9 Å². The van der Waals surface area contributed by atoms with E-state index in [0.29, 0.717) is 38.5 Å². The minimum Gasteiger partial charge on any atom is -0.490 e. The van der Waals surface area contributed by atoms with Crippen LogP contribution in [0.25, 0.3) is 0 Å². The molecule has 1 amide bonds. The molecule has 31 heavy (non-hydrogen) atoms. The highest BCUT2D eigenvalue weighted by Crippen LogP contribution is 2.29. The van der Waals surface area contributed by atoms with E-state index in [9.17, 15) is 9.59 Å². The lowest BCUT2D eigenvalue weighted by Gasteiger charge is -2.11. The predicted octanol–water partition coefficient (Wildman–Crippen LogP) is 5.48. The van der Waals surface area contributed by atoms with Crippen molar-refractivity contribution in [2.75, 3.05) is 6.61 Å². The Labute approximate surface area is 193 Å². The van der Waals surface area contributed by atoms with Gasteiger partial charge in [0.25, 0.3) is 5.91 Å². The maximum absolute atomic E-state index is 12.4. The molecule has 0 radical (unpaired) electrons. The van der Waals surface area contributed by atoms with E-state index in [-0.39, 0.29) is 11.7 Å². The molecular weight excluding hydrogens is 484 g/mol. The topological polar surface area (TPSA) is 77.0 Å². The van der Waals surface area contributed by atoms with Gasteiger partial charge in [-0.25, -0.2) is 10.2 Å². The maximum Gasteiger partial charge on any atom is 0.343 e. The molecule has 3 aromatic rings. The predicted molar refractivity (Wildman–Crippen MR) is 123 cm³/mol. The van der Waals surface area contributed by atoms with Crippen molar-refractivity contribution in [3.63, 3.8) is 0 Å². The smallest absolute Gasteiger partial charge is 0.343 e. The van der Waals surface area contributed by atoms with Crippen molar-refractivity contribution in [3.05, 3.63) is 92.9 Å². The highest BCUT2D eigenvalue weighted by molar-refractivity contribution is 9.10. The molecule has 0 aromatic heterocycles.